The van der Waals surface area contributed by atoms with Crippen LogP contribution < -0.4 is 4.90 Å². The zero-order valence-corrected chi connectivity index (χ0v) is 21.5. The summed E-state index contributed by atoms with van der Waals surface area (Å²) in [5.41, 5.74) is 13.0. The highest BCUT2D eigenvalue weighted by Crippen LogP contribution is 2.53. The number of hydrogen-bond donors (Lipinski definition) is 0. The van der Waals surface area contributed by atoms with Crippen molar-refractivity contribution in [1.82, 2.24) is 9.55 Å². The van der Waals surface area contributed by atoms with Crippen LogP contribution in [-0.4, -0.2) is 9.55 Å². The number of para-hydroxylation sites is 3. The molecule has 1 aliphatic rings. The highest BCUT2D eigenvalue weighted by molar-refractivity contribution is 6.12. The first-order valence-electron chi connectivity index (χ1n) is 13.3. The van der Waals surface area contributed by atoms with E-state index in [0.29, 0.717) is 0 Å². The summed E-state index contributed by atoms with van der Waals surface area (Å²) in [6.07, 6.45) is 1.87. The third kappa shape index (κ3) is 3.20. The lowest BCUT2D eigenvalue weighted by Gasteiger charge is -2.26. The normalized spacial score (nSPS) is 12.2. The fraction of sp³-hybridized carbons (Fsp3) is 0.0278. The molecule has 0 saturated heterocycles. The molecule has 184 valence electrons. The summed E-state index contributed by atoms with van der Waals surface area (Å²) in [7, 11) is 2.18. The summed E-state index contributed by atoms with van der Waals surface area (Å²) in [4.78, 5) is 7.13. The maximum atomic E-state index is 4.69. The van der Waals surface area contributed by atoms with Crippen molar-refractivity contribution in [2.45, 2.75) is 0 Å². The van der Waals surface area contributed by atoms with Crippen molar-refractivity contribution in [2.75, 3.05) is 4.90 Å². The molecule has 7 aromatic rings. The predicted molar refractivity (Wildman–Crippen MR) is 163 cm³/mol. The zero-order valence-electron chi connectivity index (χ0n) is 21.5. The molecule has 0 unspecified atom stereocenters. The minimum absolute atomic E-state index is 1.03. The van der Waals surface area contributed by atoms with Gasteiger partial charge in [0.2, 0.25) is 0 Å². The fourth-order valence-electron chi connectivity index (χ4n) is 6.24. The van der Waals surface area contributed by atoms with Gasteiger partial charge in [0.1, 0.15) is 0 Å². The summed E-state index contributed by atoms with van der Waals surface area (Å²) in [6.45, 7) is 0. The molecular formula is C36H25N3. The quantitative estimate of drug-likeness (QED) is 0.236. The topological polar surface area (TPSA) is 21.1 Å². The number of aromatic nitrogens is 2. The van der Waals surface area contributed by atoms with E-state index in [1.165, 1.54) is 44.7 Å². The third-order valence-electron chi connectivity index (χ3n) is 7.99. The SMILES string of the molecule is Cn1c2c(c3ccccc31)N(c1ccc(-c3cccc4cccnc34)cc1)c1ccccc1-c1ccccc1-2. The van der Waals surface area contributed by atoms with Crippen LogP contribution in [0.15, 0.2) is 134 Å². The molecule has 0 bridgehead atoms. The molecule has 3 nitrogen and oxygen atoms in total. The standard InChI is InChI=1S/C36H25N3/c1-38-32-17-6-5-15-31(32)36-35(38)30-14-3-2-12-28(30)29-13-4-7-18-33(29)39(36)26-21-19-24(20-22-26)27-16-8-10-25-11-9-23-37-34(25)27/h2-23H,1H3. The number of nitrogens with zero attached hydrogens (tertiary/aromatic N) is 3. The van der Waals surface area contributed by atoms with E-state index in [2.05, 4.69) is 143 Å². The van der Waals surface area contributed by atoms with Crippen LogP contribution in [0, 0.1) is 0 Å². The summed E-state index contributed by atoms with van der Waals surface area (Å²) in [6, 6.07) is 45.7. The van der Waals surface area contributed by atoms with Gasteiger partial charge in [0.25, 0.3) is 0 Å². The Bertz CT molecular complexity index is 2030. The van der Waals surface area contributed by atoms with Crippen LogP contribution in [0.2, 0.25) is 0 Å². The van der Waals surface area contributed by atoms with E-state index in [-0.39, 0.29) is 0 Å². The Labute approximate surface area is 227 Å². The van der Waals surface area contributed by atoms with Crippen LogP contribution in [0.3, 0.4) is 0 Å². The molecule has 3 heteroatoms. The second kappa shape index (κ2) is 8.44. The van der Waals surface area contributed by atoms with Crippen molar-refractivity contribution in [1.29, 1.82) is 0 Å². The van der Waals surface area contributed by atoms with Gasteiger partial charge in [-0.25, -0.2) is 0 Å². The van der Waals surface area contributed by atoms with Gasteiger partial charge in [-0.3, -0.25) is 4.98 Å². The molecule has 0 aliphatic carbocycles. The summed E-state index contributed by atoms with van der Waals surface area (Å²) in [5.74, 6) is 0. The first-order chi connectivity index (χ1) is 19.3. The Kier molecular flexibility index (Phi) is 4.74. The van der Waals surface area contributed by atoms with Crippen LogP contribution in [-0.2, 0) is 7.05 Å². The van der Waals surface area contributed by atoms with Crippen LogP contribution in [0.5, 0.6) is 0 Å². The molecule has 2 aromatic heterocycles. The van der Waals surface area contributed by atoms with E-state index in [4.69, 9.17) is 0 Å². The first-order valence-corrected chi connectivity index (χ1v) is 13.3. The second-order valence-electron chi connectivity index (χ2n) is 10.1. The minimum atomic E-state index is 1.03. The lowest BCUT2D eigenvalue weighted by Crippen LogP contribution is -2.10. The van der Waals surface area contributed by atoms with Gasteiger partial charge in [-0.1, -0.05) is 97.1 Å². The summed E-state index contributed by atoms with van der Waals surface area (Å²) in [5, 5.41) is 2.39. The smallest absolute Gasteiger partial charge is 0.0799 e. The van der Waals surface area contributed by atoms with Crippen molar-refractivity contribution >= 4 is 38.9 Å². The molecule has 5 aromatic carbocycles. The van der Waals surface area contributed by atoms with Gasteiger partial charge in [-0.2, -0.15) is 0 Å². The van der Waals surface area contributed by atoms with E-state index in [9.17, 15) is 0 Å². The van der Waals surface area contributed by atoms with Gasteiger partial charge in [-0.05, 0) is 41.5 Å². The molecule has 39 heavy (non-hydrogen) atoms. The number of hydrogen-bond acceptors (Lipinski definition) is 2. The number of pyridine rings is 1. The second-order valence-corrected chi connectivity index (χ2v) is 10.1. The van der Waals surface area contributed by atoms with Crippen LogP contribution in [0.25, 0.3) is 55.3 Å². The zero-order chi connectivity index (χ0) is 25.9. The van der Waals surface area contributed by atoms with Gasteiger partial charge in [0.05, 0.1) is 28.1 Å². The van der Waals surface area contributed by atoms with Crippen molar-refractivity contribution < 1.29 is 0 Å². The third-order valence-corrected chi connectivity index (χ3v) is 7.99. The largest absolute Gasteiger partial charge is 0.342 e. The molecule has 0 radical (unpaired) electrons. The number of aryl methyl sites for hydroxylation is 1. The maximum absolute atomic E-state index is 4.69. The monoisotopic (exact) mass is 499 g/mol. The van der Waals surface area contributed by atoms with Gasteiger partial charge in [-0.15, -0.1) is 0 Å². The minimum Gasteiger partial charge on any atom is -0.342 e. The molecular weight excluding hydrogens is 474 g/mol. The molecule has 0 atom stereocenters. The Morgan fingerprint density at radius 3 is 2.13 bits per heavy atom. The average Bonchev–Trinajstić information content (AvgIpc) is 3.21. The number of rotatable bonds is 2. The summed E-state index contributed by atoms with van der Waals surface area (Å²) >= 11 is 0. The Morgan fingerprint density at radius 1 is 0.564 bits per heavy atom. The van der Waals surface area contributed by atoms with Gasteiger partial charge in [0, 0.05) is 46.4 Å². The summed E-state index contributed by atoms with van der Waals surface area (Å²) < 4.78 is 2.35. The lowest BCUT2D eigenvalue weighted by atomic mass is 9.97. The Balaban J connectivity index is 1.40. The van der Waals surface area contributed by atoms with E-state index in [1.807, 2.05) is 12.3 Å². The van der Waals surface area contributed by atoms with E-state index >= 15 is 0 Å². The number of anilines is 3. The van der Waals surface area contributed by atoms with E-state index in [1.54, 1.807) is 0 Å². The maximum Gasteiger partial charge on any atom is 0.0799 e. The van der Waals surface area contributed by atoms with Crippen LogP contribution in [0.4, 0.5) is 17.1 Å². The predicted octanol–water partition coefficient (Wildman–Crippen LogP) is 9.51. The van der Waals surface area contributed by atoms with Crippen LogP contribution in [0.1, 0.15) is 0 Å². The average molecular weight is 500 g/mol. The molecule has 3 heterocycles. The Hall–Kier alpha value is -5.15. The molecule has 0 amide bonds. The van der Waals surface area contributed by atoms with Gasteiger partial charge < -0.3 is 9.47 Å². The Morgan fingerprint density at radius 2 is 1.26 bits per heavy atom. The highest BCUT2D eigenvalue weighted by Gasteiger charge is 2.30. The van der Waals surface area contributed by atoms with E-state index in [0.717, 1.165) is 27.7 Å². The van der Waals surface area contributed by atoms with Crippen molar-refractivity contribution in [2.24, 2.45) is 7.05 Å². The molecule has 8 rings (SSSR count). The van der Waals surface area contributed by atoms with Gasteiger partial charge in [0.15, 0.2) is 0 Å². The van der Waals surface area contributed by atoms with E-state index < -0.39 is 0 Å². The number of fused-ring (bicyclic) bond motifs is 8. The molecule has 0 saturated carbocycles. The lowest BCUT2D eigenvalue weighted by molar-refractivity contribution is 0.978. The van der Waals surface area contributed by atoms with Crippen molar-refractivity contribution in [3.05, 3.63) is 134 Å². The van der Waals surface area contributed by atoms with Gasteiger partial charge >= 0.3 is 0 Å². The molecule has 0 spiro atoms. The number of benzene rings is 5. The molecule has 0 fully saturated rings. The molecule has 1 aliphatic heterocycles. The van der Waals surface area contributed by atoms with Crippen LogP contribution >= 0.6 is 0 Å². The molecule has 0 N–H and O–H groups in total. The van der Waals surface area contributed by atoms with Crippen molar-refractivity contribution in [3.63, 3.8) is 0 Å². The first kappa shape index (κ1) is 21.9. The highest BCUT2D eigenvalue weighted by atomic mass is 15.2. The van der Waals surface area contributed by atoms with Crippen molar-refractivity contribution in [3.8, 4) is 33.5 Å². The fourth-order valence-corrected chi connectivity index (χ4v) is 6.24.